The van der Waals surface area contributed by atoms with E-state index < -0.39 is 0 Å². The minimum absolute atomic E-state index is 0.261. The van der Waals surface area contributed by atoms with Gasteiger partial charge in [-0.25, -0.2) is 0 Å². The Hall–Kier alpha value is -0.570. The van der Waals surface area contributed by atoms with Gasteiger partial charge in [0.25, 0.3) is 0 Å². The van der Waals surface area contributed by atoms with Crippen molar-refractivity contribution < 1.29 is 4.79 Å². The molecule has 3 nitrogen and oxygen atoms in total. The molecule has 0 spiro atoms. The third kappa shape index (κ3) is 3.05. The number of hydrogen-bond donors (Lipinski definition) is 1. The summed E-state index contributed by atoms with van der Waals surface area (Å²) in [5.74, 6) is 2.30. The van der Waals surface area contributed by atoms with Gasteiger partial charge in [-0.2, -0.15) is 0 Å². The van der Waals surface area contributed by atoms with Crippen molar-refractivity contribution in [2.24, 2.45) is 17.8 Å². The fourth-order valence-electron chi connectivity index (χ4n) is 3.58. The number of piperidine rings is 1. The Morgan fingerprint density at radius 2 is 1.83 bits per heavy atom. The highest BCUT2D eigenvalue weighted by molar-refractivity contribution is 5.79. The molecule has 2 fully saturated rings. The normalized spacial score (nSPS) is 25.9. The van der Waals surface area contributed by atoms with Crippen LogP contribution in [0.3, 0.4) is 0 Å². The Morgan fingerprint density at radius 1 is 1.17 bits per heavy atom. The molecule has 3 heteroatoms. The minimum atomic E-state index is 0.261. The van der Waals surface area contributed by atoms with Crippen molar-refractivity contribution in [2.45, 2.75) is 46.0 Å². The summed E-state index contributed by atoms with van der Waals surface area (Å²) >= 11 is 0. The molecule has 2 aliphatic heterocycles. The predicted octanol–water partition coefficient (Wildman–Crippen LogP) is 2.27. The molecule has 0 radical (unpaired) electrons. The Bertz CT molecular complexity index is 270. The first kappa shape index (κ1) is 13.9. The summed E-state index contributed by atoms with van der Waals surface area (Å²) in [6, 6.07) is 0. The van der Waals surface area contributed by atoms with E-state index in [2.05, 4.69) is 24.1 Å². The van der Waals surface area contributed by atoms with Gasteiger partial charge in [-0.15, -0.1) is 0 Å². The second-order valence-corrected chi connectivity index (χ2v) is 5.93. The van der Waals surface area contributed by atoms with Crippen molar-refractivity contribution in [3.05, 3.63) is 0 Å². The molecule has 2 aliphatic rings. The third-order valence-corrected chi connectivity index (χ3v) is 4.92. The molecule has 104 valence electrons. The van der Waals surface area contributed by atoms with Gasteiger partial charge in [0, 0.05) is 19.0 Å². The molecule has 0 aromatic rings. The van der Waals surface area contributed by atoms with Crippen molar-refractivity contribution in [1.29, 1.82) is 0 Å². The number of amides is 1. The van der Waals surface area contributed by atoms with Crippen LogP contribution in [0.2, 0.25) is 0 Å². The Morgan fingerprint density at radius 3 is 2.44 bits per heavy atom. The smallest absolute Gasteiger partial charge is 0.225 e. The average Bonchev–Trinajstić information content (AvgIpc) is 2.90. The van der Waals surface area contributed by atoms with Crippen LogP contribution >= 0.6 is 0 Å². The molecule has 1 atom stereocenters. The number of rotatable bonds is 4. The standard InChI is InChI=1S/C15H28N2O/c1-3-12(4-2)15(18)17-10-7-14(11-17)13-5-8-16-9-6-13/h12-14,16H,3-11H2,1-2H3. The van der Waals surface area contributed by atoms with Crippen LogP contribution in [0.25, 0.3) is 0 Å². The zero-order chi connectivity index (χ0) is 13.0. The Labute approximate surface area is 111 Å². The van der Waals surface area contributed by atoms with E-state index in [0.717, 1.165) is 37.8 Å². The summed E-state index contributed by atoms with van der Waals surface area (Å²) in [7, 11) is 0. The van der Waals surface area contributed by atoms with Gasteiger partial charge in [0.15, 0.2) is 0 Å². The summed E-state index contributed by atoms with van der Waals surface area (Å²) in [5, 5.41) is 3.43. The lowest BCUT2D eigenvalue weighted by Gasteiger charge is -2.28. The van der Waals surface area contributed by atoms with Crippen molar-refractivity contribution in [3.8, 4) is 0 Å². The summed E-state index contributed by atoms with van der Waals surface area (Å²) in [6.07, 6.45) is 5.82. The van der Waals surface area contributed by atoms with Gasteiger partial charge in [0.1, 0.15) is 0 Å². The maximum absolute atomic E-state index is 12.3. The van der Waals surface area contributed by atoms with E-state index >= 15 is 0 Å². The summed E-state index contributed by atoms with van der Waals surface area (Å²) in [6.45, 7) is 8.63. The second kappa shape index (κ2) is 6.55. The SMILES string of the molecule is CCC(CC)C(=O)N1CCC(C2CCNCC2)C1. The number of nitrogens with zero attached hydrogens (tertiary/aromatic N) is 1. The lowest BCUT2D eigenvalue weighted by Crippen LogP contribution is -2.36. The van der Waals surface area contributed by atoms with Gasteiger partial charge in [0.2, 0.25) is 5.91 Å². The lowest BCUT2D eigenvalue weighted by atomic mass is 9.84. The first-order valence-corrected chi connectivity index (χ1v) is 7.75. The highest BCUT2D eigenvalue weighted by Crippen LogP contribution is 2.31. The van der Waals surface area contributed by atoms with Crippen molar-refractivity contribution >= 4 is 5.91 Å². The van der Waals surface area contributed by atoms with Crippen LogP contribution in [0, 0.1) is 17.8 Å². The molecule has 0 aliphatic carbocycles. The molecule has 1 unspecified atom stereocenters. The van der Waals surface area contributed by atoms with Crippen molar-refractivity contribution in [1.82, 2.24) is 10.2 Å². The molecular formula is C15H28N2O. The molecule has 0 aromatic carbocycles. The van der Waals surface area contributed by atoms with Crippen LogP contribution in [0.4, 0.5) is 0 Å². The number of carbonyl (C=O) groups excluding carboxylic acids is 1. The summed E-state index contributed by atoms with van der Waals surface area (Å²) in [5.41, 5.74) is 0. The molecule has 1 amide bonds. The third-order valence-electron chi connectivity index (χ3n) is 4.92. The number of carbonyl (C=O) groups is 1. The van der Waals surface area contributed by atoms with Gasteiger partial charge in [0.05, 0.1) is 0 Å². The maximum Gasteiger partial charge on any atom is 0.225 e. The molecule has 0 aromatic heterocycles. The second-order valence-electron chi connectivity index (χ2n) is 5.93. The molecule has 2 saturated heterocycles. The van der Waals surface area contributed by atoms with Crippen LogP contribution in [-0.2, 0) is 4.79 Å². The quantitative estimate of drug-likeness (QED) is 0.832. The van der Waals surface area contributed by atoms with E-state index in [1.54, 1.807) is 0 Å². The van der Waals surface area contributed by atoms with Gasteiger partial charge in [-0.3, -0.25) is 4.79 Å². The number of nitrogens with one attached hydrogen (secondary N) is 1. The van der Waals surface area contributed by atoms with E-state index in [0.29, 0.717) is 5.91 Å². The van der Waals surface area contributed by atoms with Crippen LogP contribution in [0.15, 0.2) is 0 Å². The fourth-order valence-corrected chi connectivity index (χ4v) is 3.58. The maximum atomic E-state index is 12.3. The largest absolute Gasteiger partial charge is 0.342 e. The zero-order valence-electron chi connectivity index (χ0n) is 12.0. The van der Waals surface area contributed by atoms with Crippen LogP contribution < -0.4 is 5.32 Å². The number of likely N-dealkylation sites (tertiary alicyclic amines) is 1. The first-order valence-electron chi connectivity index (χ1n) is 7.75. The fraction of sp³-hybridized carbons (Fsp3) is 0.933. The van der Waals surface area contributed by atoms with E-state index in [1.807, 2.05) is 0 Å². The topological polar surface area (TPSA) is 32.3 Å². The molecule has 2 heterocycles. The summed E-state index contributed by atoms with van der Waals surface area (Å²) < 4.78 is 0. The molecule has 18 heavy (non-hydrogen) atoms. The van der Waals surface area contributed by atoms with Gasteiger partial charge >= 0.3 is 0 Å². The lowest BCUT2D eigenvalue weighted by molar-refractivity contribution is -0.134. The highest BCUT2D eigenvalue weighted by atomic mass is 16.2. The van der Waals surface area contributed by atoms with Gasteiger partial charge < -0.3 is 10.2 Å². The van der Waals surface area contributed by atoms with Crippen molar-refractivity contribution in [2.75, 3.05) is 26.2 Å². The van der Waals surface area contributed by atoms with Crippen LogP contribution in [0.1, 0.15) is 46.0 Å². The summed E-state index contributed by atoms with van der Waals surface area (Å²) in [4.78, 5) is 14.5. The zero-order valence-corrected chi connectivity index (χ0v) is 12.0. The van der Waals surface area contributed by atoms with E-state index in [9.17, 15) is 4.79 Å². The van der Waals surface area contributed by atoms with E-state index in [-0.39, 0.29) is 5.92 Å². The minimum Gasteiger partial charge on any atom is -0.342 e. The van der Waals surface area contributed by atoms with Gasteiger partial charge in [-0.05, 0) is 57.0 Å². The van der Waals surface area contributed by atoms with Crippen LogP contribution in [0.5, 0.6) is 0 Å². The number of hydrogen-bond acceptors (Lipinski definition) is 2. The van der Waals surface area contributed by atoms with E-state index in [1.165, 1.54) is 32.4 Å². The van der Waals surface area contributed by atoms with E-state index in [4.69, 9.17) is 0 Å². The molecule has 0 bridgehead atoms. The molecule has 2 rings (SSSR count). The monoisotopic (exact) mass is 252 g/mol. The molecular weight excluding hydrogens is 224 g/mol. The Kier molecular flexibility index (Phi) is 5.04. The molecule has 1 N–H and O–H groups in total. The highest BCUT2D eigenvalue weighted by Gasteiger charge is 2.33. The van der Waals surface area contributed by atoms with Gasteiger partial charge in [-0.1, -0.05) is 13.8 Å². The predicted molar refractivity (Wildman–Crippen MR) is 74.4 cm³/mol. The molecule has 0 saturated carbocycles. The van der Waals surface area contributed by atoms with Crippen LogP contribution in [-0.4, -0.2) is 37.0 Å². The average molecular weight is 252 g/mol. The first-order chi connectivity index (χ1) is 8.76. The Balaban J connectivity index is 1.85. The van der Waals surface area contributed by atoms with Crippen molar-refractivity contribution in [3.63, 3.8) is 0 Å².